The normalized spacial score (nSPS) is 19.7. The van der Waals surface area contributed by atoms with Crippen LogP contribution in [0.3, 0.4) is 0 Å². The molecule has 1 fully saturated rings. The summed E-state index contributed by atoms with van der Waals surface area (Å²) in [7, 11) is 0. The molecule has 0 saturated carbocycles. The molecule has 1 aliphatic heterocycles. The molecule has 0 aliphatic carbocycles. The van der Waals surface area contributed by atoms with Crippen LogP contribution in [-0.2, 0) is 14.2 Å². The van der Waals surface area contributed by atoms with Gasteiger partial charge < -0.3 is 14.2 Å². The van der Waals surface area contributed by atoms with Gasteiger partial charge in [-0.25, -0.2) is 9.59 Å². The second-order valence-corrected chi connectivity index (χ2v) is 6.39. The molecule has 3 rings (SSSR count). The summed E-state index contributed by atoms with van der Waals surface area (Å²) in [6.45, 7) is 0.384. The van der Waals surface area contributed by atoms with Crippen molar-refractivity contribution in [1.82, 2.24) is 0 Å². The Kier molecular flexibility index (Phi) is 5.51. The molecule has 0 radical (unpaired) electrons. The zero-order valence-electron chi connectivity index (χ0n) is 12.8. The van der Waals surface area contributed by atoms with Crippen molar-refractivity contribution in [2.75, 3.05) is 13.2 Å². The van der Waals surface area contributed by atoms with E-state index in [9.17, 15) is 9.59 Å². The van der Waals surface area contributed by atoms with Gasteiger partial charge in [0.15, 0.2) is 5.44 Å². The van der Waals surface area contributed by atoms with Gasteiger partial charge in [0, 0.05) is 0 Å². The largest absolute Gasteiger partial charge is 0.458 e. The van der Waals surface area contributed by atoms with Gasteiger partial charge in [0.05, 0.1) is 17.7 Å². The van der Waals surface area contributed by atoms with Crippen molar-refractivity contribution in [1.29, 1.82) is 0 Å². The van der Waals surface area contributed by atoms with Crippen LogP contribution in [-0.4, -0.2) is 36.0 Å². The first-order chi connectivity index (χ1) is 11.7. The van der Waals surface area contributed by atoms with Crippen molar-refractivity contribution in [2.45, 2.75) is 10.9 Å². The Hall–Kier alpha value is -2.31. The second-order valence-electron chi connectivity index (χ2n) is 5.06. The smallest absolute Gasteiger partial charge is 0.339 e. The number of esters is 2. The van der Waals surface area contributed by atoms with Crippen LogP contribution >= 0.6 is 11.8 Å². The van der Waals surface area contributed by atoms with E-state index in [-0.39, 0.29) is 18.6 Å². The van der Waals surface area contributed by atoms with Crippen LogP contribution < -0.4 is 0 Å². The van der Waals surface area contributed by atoms with Crippen molar-refractivity contribution < 1.29 is 23.8 Å². The molecule has 2 aromatic carbocycles. The van der Waals surface area contributed by atoms with Gasteiger partial charge in [0.25, 0.3) is 0 Å². The Labute approximate surface area is 143 Å². The van der Waals surface area contributed by atoms with Crippen LogP contribution in [0.2, 0.25) is 0 Å². The fraction of sp³-hybridized carbons (Fsp3) is 0.222. The molecule has 6 heteroatoms. The first-order valence-electron chi connectivity index (χ1n) is 7.47. The quantitative estimate of drug-likeness (QED) is 0.777. The van der Waals surface area contributed by atoms with Gasteiger partial charge in [-0.05, 0) is 24.3 Å². The second kappa shape index (κ2) is 7.99. The molecule has 1 aliphatic rings. The monoisotopic (exact) mass is 344 g/mol. The van der Waals surface area contributed by atoms with Gasteiger partial charge in [0.1, 0.15) is 12.0 Å². The molecule has 24 heavy (non-hydrogen) atoms. The van der Waals surface area contributed by atoms with Crippen LogP contribution in [0.15, 0.2) is 60.7 Å². The number of hydrogen-bond acceptors (Lipinski definition) is 6. The molecule has 0 unspecified atom stereocenters. The minimum Gasteiger partial charge on any atom is -0.458 e. The topological polar surface area (TPSA) is 61.8 Å². The van der Waals surface area contributed by atoms with Gasteiger partial charge in [0.2, 0.25) is 0 Å². The highest BCUT2D eigenvalue weighted by Crippen LogP contribution is 2.29. The molecular weight excluding hydrogens is 328 g/mol. The molecule has 124 valence electrons. The summed E-state index contributed by atoms with van der Waals surface area (Å²) in [5.74, 6) is -0.789. The number of carbonyl (C=O) groups excluding carboxylic acids is 2. The van der Waals surface area contributed by atoms with E-state index in [1.54, 1.807) is 48.5 Å². The highest BCUT2D eigenvalue weighted by Gasteiger charge is 2.30. The minimum atomic E-state index is -0.405. The molecule has 1 saturated heterocycles. The Morgan fingerprint density at radius 1 is 0.958 bits per heavy atom. The third kappa shape index (κ3) is 4.37. The lowest BCUT2D eigenvalue weighted by molar-refractivity contribution is 0.0130. The third-order valence-electron chi connectivity index (χ3n) is 3.33. The lowest BCUT2D eigenvalue weighted by Crippen LogP contribution is -2.16. The Morgan fingerprint density at radius 2 is 1.54 bits per heavy atom. The predicted molar refractivity (Wildman–Crippen MR) is 89.7 cm³/mol. The zero-order chi connectivity index (χ0) is 16.8. The highest BCUT2D eigenvalue weighted by atomic mass is 32.2. The standard InChI is InChI=1S/C18H16O5S/c19-17(13-7-3-1-4-8-13)22-11-15-21-12-16(24-15)23-18(20)14-9-5-2-6-10-14/h1-10,15-16H,11-12H2/t15-,16+/m1/s1. The van der Waals surface area contributed by atoms with Gasteiger partial charge in [-0.15, -0.1) is 0 Å². The number of carbonyl (C=O) groups is 2. The number of hydrogen-bond donors (Lipinski definition) is 0. The van der Waals surface area contributed by atoms with Crippen LogP contribution in [0, 0.1) is 0 Å². The molecule has 5 nitrogen and oxygen atoms in total. The van der Waals surface area contributed by atoms with E-state index in [1.165, 1.54) is 11.8 Å². The van der Waals surface area contributed by atoms with E-state index in [2.05, 4.69) is 0 Å². The summed E-state index contributed by atoms with van der Waals surface area (Å²) in [6.07, 6.45) is 0. The maximum Gasteiger partial charge on any atom is 0.339 e. The van der Waals surface area contributed by atoms with E-state index in [0.29, 0.717) is 11.1 Å². The maximum absolute atomic E-state index is 12.0. The minimum absolute atomic E-state index is 0.109. The molecule has 0 aromatic heterocycles. The van der Waals surface area contributed by atoms with E-state index in [1.807, 2.05) is 12.1 Å². The van der Waals surface area contributed by atoms with Crippen LogP contribution in [0.1, 0.15) is 20.7 Å². The molecule has 2 atom stereocenters. The summed E-state index contributed by atoms with van der Waals surface area (Å²) in [5, 5.41) is 0. The number of ether oxygens (including phenoxy) is 3. The number of benzene rings is 2. The predicted octanol–water partition coefficient (Wildman–Crippen LogP) is 3.12. The van der Waals surface area contributed by atoms with Crippen molar-refractivity contribution in [2.24, 2.45) is 0 Å². The molecule has 0 amide bonds. The Balaban J connectivity index is 1.44. The van der Waals surface area contributed by atoms with E-state index >= 15 is 0 Å². The van der Waals surface area contributed by atoms with Crippen LogP contribution in [0.4, 0.5) is 0 Å². The zero-order valence-corrected chi connectivity index (χ0v) is 13.6. The summed E-state index contributed by atoms with van der Waals surface area (Å²) in [5.41, 5.74) is 0.244. The molecule has 1 heterocycles. The van der Waals surface area contributed by atoms with E-state index < -0.39 is 17.4 Å². The SMILES string of the molecule is O=C(OC[C@@H]1OC[C@@H](OC(=O)c2ccccc2)S1)c1ccccc1. The average molecular weight is 344 g/mol. The molecule has 0 N–H and O–H groups in total. The summed E-state index contributed by atoms with van der Waals surface area (Å²) >= 11 is 1.33. The molecule has 2 aromatic rings. The third-order valence-corrected chi connectivity index (χ3v) is 4.44. The average Bonchev–Trinajstić information content (AvgIpc) is 3.08. The number of thioether (sulfide) groups is 1. The lowest BCUT2D eigenvalue weighted by atomic mass is 10.2. The fourth-order valence-corrected chi connectivity index (χ4v) is 3.09. The van der Waals surface area contributed by atoms with Crippen molar-refractivity contribution in [3.05, 3.63) is 71.8 Å². The van der Waals surface area contributed by atoms with Gasteiger partial charge in [-0.2, -0.15) is 0 Å². The van der Waals surface area contributed by atoms with Crippen molar-refractivity contribution >= 4 is 23.7 Å². The van der Waals surface area contributed by atoms with Crippen molar-refractivity contribution in [3.8, 4) is 0 Å². The summed E-state index contributed by atoms with van der Waals surface area (Å²) in [4.78, 5) is 23.9. The summed E-state index contributed by atoms with van der Waals surface area (Å²) in [6, 6.07) is 17.5. The Morgan fingerprint density at radius 3 is 2.17 bits per heavy atom. The maximum atomic E-state index is 12.0. The van der Waals surface area contributed by atoms with Crippen molar-refractivity contribution in [3.63, 3.8) is 0 Å². The molecule has 0 spiro atoms. The Bertz CT molecular complexity index is 689. The van der Waals surface area contributed by atoms with Gasteiger partial charge in [-0.1, -0.05) is 48.2 Å². The van der Waals surface area contributed by atoms with Crippen LogP contribution in [0.25, 0.3) is 0 Å². The highest BCUT2D eigenvalue weighted by molar-refractivity contribution is 8.00. The van der Waals surface area contributed by atoms with E-state index in [4.69, 9.17) is 14.2 Å². The number of rotatable bonds is 5. The summed E-state index contributed by atoms with van der Waals surface area (Å²) < 4.78 is 16.1. The first-order valence-corrected chi connectivity index (χ1v) is 8.42. The fourth-order valence-electron chi connectivity index (χ4n) is 2.15. The van der Waals surface area contributed by atoms with Gasteiger partial charge >= 0.3 is 11.9 Å². The first kappa shape index (κ1) is 16.5. The van der Waals surface area contributed by atoms with Crippen LogP contribution in [0.5, 0.6) is 0 Å². The molecular formula is C18H16O5S. The lowest BCUT2D eigenvalue weighted by Gasteiger charge is -2.11. The molecule has 0 bridgehead atoms. The van der Waals surface area contributed by atoms with E-state index in [0.717, 1.165) is 0 Å². The van der Waals surface area contributed by atoms with Gasteiger partial charge in [-0.3, -0.25) is 0 Å².